The summed E-state index contributed by atoms with van der Waals surface area (Å²) in [6.45, 7) is 4.16. The van der Waals surface area contributed by atoms with Crippen LogP contribution in [-0.2, 0) is 6.54 Å². The highest BCUT2D eigenvalue weighted by molar-refractivity contribution is 5.72. The third-order valence-corrected chi connectivity index (χ3v) is 3.85. The van der Waals surface area contributed by atoms with Crippen LogP contribution in [0.15, 0.2) is 48.5 Å². The number of nitrogens with one attached hydrogen (secondary N) is 1. The molecule has 0 saturated carbocycles. The largest absolute Gasteiger partial charge is 0.497 e. The summed E-state index contributed by atoms with van der Waals surface area (Å²) in [6, 6.07) is 17.3. The fourth-order valence-electron chi connectivity index (χ4n) is 2.65. The molecule has 2 aromatic carbocycles. The van der Waals surface area contributed by atoms with Gasteiger partial charge in [-0.3, -0.25) is 0 Å². The topological polar surface area (TPSA) is 24.5 Å². The molecule has 3 rings (SSSR count). The second-order valence-electron chi connectivity index (χ2n) is 5.22. The first-order valence-corrected chi connectivity index (χ1v) is 7.00. The number of anilines is 2. The fraction of sp³-hybridized carbons (Fsp3) is 0.294. The van der Waals surface area contributed by atoms with E-state index in [4.69, 9.17) is 4.74 Å². The molecule has 0 radical (unpaired) electrons. The van der Waals surface area contributed by atoms with Crippen LogP contribution in [0.3, 0.4) is 0 Å². The number of para-hydroxylation sites is 2. The number of fused-ring (bicyclic) bond motifs is 1. The van der Waals surface area contributed by atoms with Gasteiger partial charge in [0.2, 0.25) is 0 Å². The van der Waals surface area contributed by atoms with Crippen molar-refractivity contribution in [3.63, 3.8) is 0 Å². The molecule has 2 aromatic rings. The summed E-state index contributed by atoms with van der Waals surface area (Å²) >= 11 is 0. The molecule has 0 amide bonds. The zero-order chi connectivity index (χ0) is 13.9. The Bertz CT molecular complexity index is 580. The van der Waals surface area contributed by atoms with E-state index in [0.29, 0.717) is 6.04 Å². The lowest BCUT2D eigenvalue weighted by molar-refractivity contribution is 0.414. The van der Waals surface area contributed by atoms with Crippen LogP contribution in [0, 0.1) is 0 Å². The molecule has 20 heavy (non-hydrogen) atoms. The summed E-state index contributed by atoms with van der Waals surface area (Å²) in [5.74, 6) is 0.905. The lowest BCUT2D eigenvalue weighted by atomic mass is 10.1. The van der Waals surface area contributed by atoms with Gasteiger partial charge in [0.25, 0.3) is 0 Å². The van der Waals surface area contributed by atoms with E-state index < -0.39 is 0 Å². The van der Waals surface area contributed by atoms with E-state index in [1.54, 1.807) is 7.11 Å². The fourth-order valence-corrected chi connectivity index (χ4v) is 2.65. The van der Waals surface area contributed by atoms with Crippen molar-refractivity contribution in [3.05, 3.63) is 54.1 Å². The third kappa shape index (κ3) is 2.44. The van der Waals surface area contributed by atoms with Gasteiger partial charge >= 0.3 is 0 Å². The molecule has 1 aliphatic heterocycles. The van der Waals surface area contributed by atoms with Gasteiger partial charge in [-0.25, -0.2) is 0 Å². The number of rotatable bonds is 3. The number of methoxy groups -OCH3 is 1. The van der Waals surface area contributed by atoms with Crippen molar-refractivity contribution >= 4 is 11.4 Å². The molecule has 104 valence electrons. The number of ether oxygens (including phenoxy) is 1. The minimum atomic E-state index is 0.479. The number of benzene rings is 2. The molecule has 1 unspecified atom stereocenters. The third-order valence-electron chi connectivity index (χ3n) is 3.85. The van der Waals surface area contributed by atoms with Gasteiger partial charge < -0.3 is 15.0 Å². The molecule has 0 aliphatic carbocycles. The normalized spacial score (nSPS) is 17.3. The summed E-state index contributed by atoms with van der Waals surface area (Å²) in [7, 11) is 1.70. The zero-order valence-corrected chi connectivity index (χ0v) is 12.0. The van der Waals surface area contributed by atoms with Gasteiger partial charge in [-0.2, -0.15) is 0 Å². The Balaban J connectivity index is 1.85. The van der Waals surface area contributed by atoms with Gasteiger partial charge in [-0.1, -0.05) is 24.3 Å². The molecule has 0 fully saturated rings. The number of nitrogens with zero attached hydrogens (tertiary/aromatic N) is 1. The molecule has 0 aromatic heterocycles. The molecule has 1 N–H and O–H groups in total. The summed E-state index contributed by atoms with van der Waals surface area (Å²) in [6.07, 6.45) is 0. The van der Waals surface area contributed by atoms with Crippen LogP contribution >= 0.6 is 0 Å². The minimum absolute atomic E-state index is 0.479. The molecule has 1 atom stereocenters. The molecule has 1 aliphatic rings. The molecule has 0 bridgehead atoms. The monoisotopic (exact) mass is 268 g/mol. The Labute approximate surface area is 120 Å². The second-order valence-corrected chi connectivity index (χ2v) is 5.22. The Morgan fingerprint density at radius 1 is 1.15 bits per heavy atom. The maximum absolute atomic E-state index is 5.21. The smallest absolute Gasteiger partial charge is 0.118 e. The Hall–Kier alpha value is -2.16. The van der Waals surface area contributed by atoms with E-state index in [2.05, 4.69) is 53.5 Å². The van der Waals surface area contributed by atoms with Crippen LogP contribution in [-0.4, -0.2) is 19.7 Å². The maximum Gasteiger partial charge on any atom is 0.118 e. The SMILES string of the molecule is COc1ccc(CN2c3ccccc3NCC2C)cc1. The van der Waals surface area contributed by atoms with Crippen molar-refractivity contribution in [3.8, 4) is 5.75 Å². The van der Waals surface area contributed by atoms with E-state index >= 15 is 0 Å². The lowest BCUT2D eigenvalue weighted by Gasteiger charge is -2.37. The van der Waals surface area contributed by atoms with E-state index in [9.17, 15) is 0 Å². The standard InChI is InChI=1S/C17H20N2O/c1-13-11-18-16-5-3-4-6-17(16)19(13)12-14-7-9-15(20-2)10-8-14/h3-10,13,18H,11-12H2,1-2H3. The highest BCUT2D eigenvalue weighted by Crippen LogP contribution is 2.32. The summed E-state index contributed by atoms with van der Waals surface area (Å²) < 4.78 is 5.21. The molecule has 1 heterocycles. The number of hydrogen-bond acceptors (Lipinski definition) is 3. The zero-order valence-electron chi connectivity index (χ0n) is 12.0. The maximum atomic E-state index is 5.21. The number of hydrogen-bond donors (Lipinski definition) is 1. The van der Waals surface area contributed by atoms with Gasteiger partial charge in [-0.05, 0) is 36.8 Å². The van der Waals surface area contributed by atoms with Crippen LogP contribution in [0.1, 0.15) is 12.5 Å². The van der Waals surface area contributed by atoms with Crippen LogP contribution in [0.25, 0.3) is 0 Å². The first-order valence-electron chi connectivity index (χ1n) is 7.00. The van der Waals surface area contributed by atoms with Crippen LogP contribution < -0.4 is 15.0 Å². The molecule has 0 spiro atoms. The molecule has 3 heteroatoms. The Morgan fingerprint density at radius 2 is 1.90 bits per heavy atom. The van der Waals surface area contributed by atoms with E-state index in [0.717, 1.165) is 18.8 Å². The van der Waals surface area contributed by atoms with Gasteiger partial charge in [0.1, 0.15) is 5.75 Å². The van der Waals surface area contributed by atoms with Crippen LogP contribution in [0.4, 0.5) is 11.4 Å². The second kappa shape index (κ2) is 5.45. The molecule has 0 saturated heterocycles. The minimum Gasteiger partial charge on any atom is -0.497 e. The molecular weight excluding hydrogens is 248 g/mol. The van der Waals surface area contributed by atoms with Gasteiger partial charge in [0, 0.05) is 19.1 Å². The summed E-state index contributed by atoms with van der Waals surface area (Å²) in [5.41, 5.74) is 3.80. The molecule has 3 nitrogen and oxygen atoms in total. The quantitative estimate of drug-likeness (QED) is 0.922. The average Bonchev–Trinajstić information content (AvgIpc) is 2.51. The van der Waals surface area contributed by atoms with Crippen molar-refractivity contribution in [2.24, 2.45) is 0 Å². The first kappa shape index (κ1) is 12.9. The van der Waals surface area contributed by atoms with Crippen LogP contribution in [0.5, 0.6) is 5.75 Å². The summed E-state index contributed by atoms with van der Waals surface area (Å²) in [4.78, 5) is 2.45. The van der Waals surface area contributed by atoms with Crippen LogP contribution in [0.2, 0.25) is 0 Å². The van der Waals surface area contributed by atoms with E-state index in [1.165, 1.54) is 16.9 Å². The Morgan fingerprint density at radius 3 is 2.65 bits per heavy atom. The van der Waals surface area contributed by atoms with Crippen molar-refractivity contribution in [2.45, 2.75) is 19.5 Å². The lowest BCUT2D eigenvalue weighted by Crippen LogP contribution is -2.41. The summed E-state index contributed by atoms with van der Waals surface area (Å²) in [5, 5.41) is 3.48. The van der Waals surface area contributed by atoms with Crippen molar-refractivity contribution in [1.82, 2.24) is 0 Å². The van der Waals surface area contributed by atoms with E-state index in [-0.39, 0.29) is 0 Å². The predicted octanol–water partition coefficient (Wildman–Crippen LogP) is 3.52. The van der Waals surface area contributed by atoms with Crippen molar-refractivity contribution in [1.29, 1.82) is 0 Å². The van der Waals surface area contributed by atoms with Crippen molar-refractivity contribution < 1.29 is 4.74 Å². The first-order chi connectivity index (χ1) is 9.78. The van der Waals surface area contributed by atoms with Gasteiger partial charge in [0.15, 0.2) is 0 Å². The van der Waals surface area contributed by atoms with E-state index in [1.807, 2.05) is 12.1 Å². The van der Waals surface area contributed by atoms with Crippen molar-refractivity contribution in [2.75, 3.05) is 23.9 Å². The average molecular weight is 268 g/mol. The molecular formula is C17H20N2O. The van der Waals surface area contributed by atoms with Gasteiger partial charge in [-0.15, -0.1) is 0 Å². The predicted molar refractivity (Wildman–Crippen MR) is 83.6 cm³/mol. The highest BCUT2D eigenvalue weighted by atomic mass is 16.5. The van der Waals surface area contributed by atoms with Gasteiger partial charge in [0.05, 0.1) is 18.5 Å². The highest BCUT2D eigenvalue weighted by Gasteiger charge is 2.22. The Kier molecular flexibility index (Phi) is 3.50.